The molecule has 3 nitrogen and oxygen atoms in total. The minimum Gasteiger partial charge on any atom is -1.00 e. The van der Waals surface area contributed by atoms with Crippen molar-refractivity contribution in [2.75, 3.05) is 11.9 Å². The molecule has 8 heteroatoms. The van der Waals surface area contributed by atoms with Gasteiger partial charge in [-0.05, 0) is 0 Å². The summed E-state index contributed by atoms with van der Waals surface area (Å²) in [7, 11) is -3.86. The third-order valence-corrected chi connectivity index (χ3v) is 11.4. The van der Waals surface area contributed by atoms with Crippen molar-refractivity contribution in [2.24, 2.45) is 0 Å². The number of fused-ring (bicyclic) bond motifs is 5. The van der Waals surface area contributed by atoms with Crippen molar-refractivity contribution in [1.29, 1.82) is 0 Å². The Morgan fingerprint density at radius 1 is 1.10 bits per heavy atom. The van der Waals surface area contributed by atoms with Crippen LogP contribution in [0.3, 0.4) is 0 Å². The number of halogens is 2. The van der Waals surface area contributed by atoms with Gasteiger partial charge in [0.1, 0.15) is 0 Å². The fraction of sp³-hybridized carbons (Fsp3) is 0.478. The van der Waals surface area contributed by atoms with Gasteiger partial charge in [0.05, 0.1) is 0 Å². The van der Waals surface area contributed by atoms with Gasteiger partial charge in [-0.1, -0.05) is 0 Å². The molecule has 1 aliphatic heterocycles. The van der Waals surface area contributed by atoms with Crippen LogP contribution in [0.1, 0.15) is 42.4 Å². The molecule has 2 aliphatic rings. The van der Waals surface area contributed by atoms with Crippen molar-refractivity contribution in [2.45, 2.75) is 63.0 Å². The number of nitrogens with one attached hydrogen (secondary N) is 1. The van der Waals surface area contributed by atoms with E-state index in [0.29, 0.717) is 3.63 Å². The van der Waals surface area contributed by atoms with Crippen LogP contribution in [0, 0.1) is 0 Å². The molecule has 2 aromatic rings. The van der Waals surface area contributed by atoms with Gasteiger partial charge in [0.15, 0.2) is 0 Å². The van der Waals surface area contributed by atoms with Gasteiger partial charge in [-0.3, -0.25) is 0 Å². The van der Waals surface area contributed by atoms with Gasteiger partial charge in [0, 0.05) is 0 Å². The Morgan fingerprint density at radius 2 is 1.71 bits per heavy atom. The van der Waals surface area contributed by atoms with E-state index in [-0.39, 0.29) is 30.4 Å². The number of hydrogen-bond donors (Lipinski definition) is 1. The molecule has 0 spiro atoms. The molecule has 0 bridgehead atoms. The number of rotatable bonds is 5. The fourth-order valence-corrected chi connectivity index (χ4v) is 10.9. The van der Waals surface area contributed by atoms with Crippen LogP contribution in [0.25, 0.3) is 11.1 Å². The van der Waals surface area contributed by atoms with Crippen LogP contribution >= 0.6 is 0 Å². The van der Waals surface area contributed by atoms with E-state index in [9.17, 15) is 0 Å². The number of hydrogen-bond acceptors (Lipinski definition) is 3. The summed E-state index contributed by atoms with van der Waals surface area (Å²) in [5.41, 5.74) is 6.82. The summed E-state index contributed by atoms with van der Waals surface area (Å²) < 4.78 is 13.8. The molecule has 0 fully saturated rings. The summed E-state index contributed by atoms with van der Waals surface area (Å²) in [6.45, 7) is 18.8. The molecule has 1 N–H and O–H groups in total. The maximum Gasteiger partial charge on any atom is -1.00 e. The molecule has 31 heavy (non-hydrogen) atoms. The third kappa shape index (κ3) is 4.63. The second-order valence-electron chi connectivity index (χ2n) is 10.3. The van der Waals surface area contributed by atoms with Crippen LogP contribution in [0.2, 0.25) is 26.2 Å². The molecule has 2 unspecified atom stereocenters. The van der Waals surface area contributed by atoms with Crippen LogP contribution in [0.4, 0.5) is 5.69 Å². The average Bonchev–Trinajstić information content (AvgIpc) is 3.06. The van der Waals surface area contributed by atoms with Gasteiger partial charge in [0.2, 0.25) is 0 Å². The molecule has 0 aromatic heterocycles. The van der Waals surface area contributed by atoms with E-state index >= 15 is 0 Å². The van der Waals surface area contributed by atoms with Crippen molar-refractivity contribution in [1.82, 2.24) is 0 Å². The van der Waals surface area contributed by atoms with Crippen molar-refractivity contribution in [3.8, 4) is 16.9 Å². The van der Waals surface area contributed by atoms with E-state index < -0.39 is 16.6 Å². The van der Waals surface area contributed by atoms with Crippen molar-refractivity contribution >= 4 is 32.7 Å². The molecule has 0 radical (unpaired) electrons. The molecule has 2 aromatic carbocycles. The minimum atomic E-state index is -2.05. The first-order valence-electron chi connectivity index (χ1n) is 10.6. The zero-order valence-electron chi connectivity index (χ0n) is 19.7. The summed E-state index contributed by atoms with van der Waals surface area (Å²) in [5.74, 6) is 1.08. The SMILES string of the molecule is CCO[Si]1(C)c2c(NC(C)(C)C)c(O[Si](C)(C)C)c3c(c21)[CH]([Zr+2])c1ccccc1-3.[Cl-].[Cl-]. The molecule has 0 amide bonds. The molecule has 2 atom stereocenters. The van der Waals surface area contributed by atoms with Gasteiger partial charge < -0.3 is 24.8 Å². The second-order valence-corrected chi connectivity index (χ2v) is 19.5. The molecule has 167 valence electrons. The first kappa shape index (κ1) is 27.1. The Balaban J connectivity index is 0.00000171. The monoisotopic (exact) mass is 570 g/mol. The first-order chi connectivity index (χ1) is 13.4. The zero-order valence-corrected chi connectivity index (χ0v) is 25.6. The maximum absolute atomic E-state index is 6.87. The Kier molecular flexibility index (Phi) is 7.81. The zero-order chi connectivity index (χ0) is 21.4. The molecular formula is C23H32Cl2NO2Si2Zr. The predicted molar refractivity (Wildman–Crippen MR) is 124 cm³/mol. The topological polar surface area (TPSA) is 30.5 Å². The van der Waals surface area contributed by atoms with E-state index in [2.05, 4.69) is 83.5 Å². The van der Waals surface area contributed by atoms with E-state index in [4.69, 9.17) is 8.85 Å². The molecular weight excluding hydrogens is 541 g/mol. The predicted octanol–water partition coefficient (Wildman–Crippen LogP) is -1.23. The summed E-state index contributed by atoms with van der Waals surface area (Å²) >= 11 is 1.54. The van der Waals surface area contributed by atoms with Gasteiger partial charge in [-0.25, -0.2) is 0 Å². The Hall–Kier alpha value is -0.103. The third-order valence-electron chi connectivity index (χ3n) is 5.56. The molecule has 0 saturated carbocycles. The van der Waals surface area contributed by atoms with E-state index in [1.807, 2.05) is 0 Å². The van der Waals surface area contributed by atoms with Gasteiger partial charge in [-0.15, -0.1) is 0 Å². The van der Waals surface area contributed by atoms with E-state index in [1.54, 1.807) is 24.7 Å². The molecule has 0 saturated heterocycles. The van der Waals surface area contributed by atoms with Crippen molar-refractivity contribution in [3.63, 3.8) is 0 Å². The van der Waals surface area contributed by atoms with Crippen LogP contribution in [0.5, 0.6) is 5.75 Å². The van der Waals surface area contributed by atoms with Crippen LogP contribution in [-0.4, -0.2) is 28.8 Å². The van der Waals surface area contributed by atoms with Crippen LogP contribution < -0.4 is 44.9 Å². The average molecular weight is 573 g/mol. The normalized spacial score (nSPS) is 20.6. The fourth-order valence-electron chi connectivity index (χ4n) is 4.62. The standard InChI is InChI=1S/C23H32NO2Si2.2ClH.Zr/c1-9-25-28(8)21-17-14-15-12-10-11-13-16(15)18(17)20(26-27(5,6)7)19(22(21)28)24-23(2,3)4;;;/h10-14,24H,9H2,1-8H3;2*1H;/q;;;+2/p-2. The maximum atomic E-state index is 6.87. The second kappa shape index (κ2) is 8.92. The smallest absolute Gasteiger partial charge is 1.00 e. The van der Waals surface area contributed by atoms with Gasteiger partial charge in [-0.2, -0.15) is 0 Å². The van der Waals surface area contributed by atoms with Crippen LogP contribution in [-0.2, 0) is 29.1 Å². The summed E-state index contributed by atoms with van der Waals surface area (Å²) in [5, 5.41) is 6.82. The minimum absolute atomic E-state index is 0. The van der Waals surface area contributed by atoms with Crippen LogP contribution in [0.15, 0.2) is 24.3 Å². The molecule has 1 heterocycles. The molecule has 4 rings (SSSR count). The van der Waals surface area contributed by atoms with Gasteiger partial charge >= 0.3 is 194 Å². The Labute approximate surface area is 217 Å². The summed E-state index contributed by atoms with van der Waals surface area (Å²) in [4.78, 5) is 0. The first-order valence-corrected chi connectivity index (χ1v) is 17.8. The quantitative estimate of drug-likeness (QED) is 0.456. The van der Waals surface area contributed by atoms with Crippen molar-refractivity contribution < 1.29 is 58.4 Å². The molecule has 1 aliphatic carbocycles. The summed E-state index contributed by atoms with van der Waals surface area (Å²) in [6.07, 6.45) is 0. The van der Waals surface area contributed by atoms with Gasteiger partial charge in [0.25, 0.3) is 0 Å². The Bertz CT molecular complexity index is 1000. The van der Waals surface area contributed by atoms with E-state index in [0.717, 1.165) is 12.4 Å². The largest absolute Gasteiger partial charge is 1.00 e. The summed E-state index contributed by atoms with van der Waals surface area (Å²) in [6, 6.07) is 8.92. The number of anilines is 1. The van der Waals surface area contributed by atoms with Crippen molar-refractivity contribution in [3.05, 3.63) is 35.4 Å². The number of benzene rings is 2. The Morgan fingerprint density at radius 3 is 2.26 bits per heavy atom. The van der Waals surface area contributed by atoms with E-state index in [1.165, 1.54) is 38.3 Å².